The number of benzene rings is 1. The minimum atomic E-state index is -4.09. The Morgan fingerprint density at radius 2 is 1.76 bits per heavy atom. The highest BCUT2D eigenvalue weighted by molar-refractivity contribution is 7.89. The minimum absolute atomic E-state index is 0.00364. The van der Waals surface area contributed by atoms with Gasteiger partial charge in [-0.15, -0.1) is 0 Å². The molecule has 0 bridgehead atoms. The van der Waals surface area contributed by atoms with Crippen molar-refractivity contribution < 1.29 is 13.5 Å². The van der Waals surface area contributed by atoms with E-state index in [4.69, 9.17) is 11.6 Å². The molecule has 0 saturated carbocycles. The third-order valence-electron chi connectivity index (χ3n) is 7.84. The number of anilines is 3. The molecule has 1 aliphatic heterocycles. The van der Waals surface area contributed by atoms with Crippen LogP contribution in [0.2, 0.25) is 5.02 Å². The van der Waals surface area contributed by atoms with E-state index in [1.807, 2.05) is 11.9 Å². The van der Waals surface area contributed by atoms with Crippen molar-refractivity contribution in [2.45, 2.75) is 44.0 Å². The summed E-state index contributed by atoms with van der Waals surface area (Å²) in [7, 11) is -2.19. The summed E-state index contributed by atoms with van der Waals surface area (Å²) >= 11 is 6.25. The number of allylic oxidation sites excluding steroid dienone is 2. The van der Waals surface area contributed by atoms with Gasteiger partial charge in [-0.1, -0.05) is 43.2 Å². The Kier molecular flexibility index (Phi) is 6.50. The number of hydrogen-bond acceptors (Lipinski definition) is 8. The number of nitrogens with zero attached hydrogens (tertiary/aromatic N) is 2. The number of phenolic OH excluding ortho intramolecular Hbond substituents is 1. The van der Waals surface area contributed by atoms with E-state index in [-0.39, 0.29) is 46.6 Å². The van der Waals surface area contributed by atoms with Crippen LogP contribution in [0.25, 0.3) is 0 Å². The molecule has 37 heavy (non-hydrogen) atoms. The molecule has 0 amide bonds. The summed E-state index contributed by atoms with van der Waals surface area (Å²) in [6.07, 6.45) is 7.01. The van der Waals surface area contributed by atoms with Crippen LogP contribution in [0.4, 0.5) is 17.1 Å². The van der Waals surface area contributed by atoms with E-state index in [0.717, 1.165) is 24.8 Å². The first-order chi connectivity index (χ1) is 17.4. The van der Waals surface area contributed by atoms with E-state index in [9.17, 15) is 23.1 Å². The largest absolute Gasteiger partial charge is 0.504 e. The lowest BCUT2D eigenvalue weighted by Gasteiger charge is -2.41. The molecule has 0 radical (unpaired) electrons. The minimum Gasteiger partial charge on any atom is -0.504 e. The molecule has 1 fully saturated rings. The van der Waals surface area contributed by atoms with Crippen LogP contribution in [0.15, 0.2) is 49.9 Å². The normalized spacial score (nSPS) is 22.4. The number of hydrogen-bond donors (Lipinski definition) is 3. The second-order valence-electron chi connectivity index (χ2n) is 10.7. The van der Waals surface area contributed by atoms with Gasteiger partial charge in [0.2, 0.25) is 10.0 Å². The summed E-state index contributed by atoms with van der Waals surface area (Å²) in [5.41, 5.74) is 1.06. The molecule has 1 atom stereocenters. The number of likely N-dealkylation sites (N-methyl/N-ethyl adjacent to an activating group) is 1. The van der Waals surface area contributed by atoms with Crippen molar-refractivity contribution in [2.75, 3.05) is 43.9 Å². The van der Waals surface area contributed by atoms with E-state index < -0.39 is 31.5 Å². The maximum atomic E-state index is 13.4. The Hall–Kier alpha value is -2.66. The zero-order valence-electron chi connectivity index (χ0n) is 21.1. The fraction of sp³-hybridized carbons (Fsp3) is 0.462. The second-order valence-corrected chi connectivity index (χ2v) is 13.0. The van der Waals surface area contributed by atoms with Crippen LogP contribution in [-0.4, -0.2) is 62.0 Å². The first-order valence-corrected chi connectivity index (χ1v) is 14.2. The van der Waals surface area contributed by atoms with Crippen molar-refractivity contribution in [1.29, 1.82) is 0 Å². The Bertz CT molecular complexity index is 1500. The highest BCUT2D eigenvalue weighted by Gasteiger charge is 2.39. The van der Waals surface area contributed by atoms with Gasteiger partial charge in [0.15, 0.2) is 5.75 Å². The van der Waals surface area contributed by atoms with Crippen LogP contribution in [0.5, 0.6) is 5.75 Å². The third kappa shape index (κ3) is 4.39. The molecule has 2 aromatic rings. The van der Waals surface area contributed by atoms with Crippen molar-refractivity contribution in [1.82, 2.24) is 9.21 Å². The van der Waals surface area contributed by atoms with Crippen LogP contribution in [-0.2, 0) is 10.0 Å². The van der Waals surface area contributed by atoms with Crippen LogP contribution >= 0.6 is 11.6 Å². The average molecular weight is 547 g/mol. The van der Waals surface area contributed by atoms with Crippen LogP contribution in [0.1, 0.15) is 33.1 Å². The second kappa shape index (κ2) is 9.27. The molecule has 1 saturated heterocycles. The Morgan fingerprint density at radius 1 is 1.08 bits per heavy atom. The van der Waals surface area contributed by atoms with Gasteiger partial charge >= 0.3 is 0 Å². The van der Waals surface area contributed by atoms with E-state index >= 15 is 0 Å². The van der Waals surface area contributed by atoms with Crippen molar-refractivity contribution in [2.24, 2.45) is 5.41 Å². The van der Waals surface area contributed by atoms with Gasteiger partial charge in [0, 0.05) is 26.2 Å². The van der Waals surface area contributed by atoms with E-state index in [0.29, 0.717) is 13.1 Å². The Morgan fingerprint density at radius 3 is 2.46 bits per heavy atom. The number of aromatic hydroxyl groups is 1. The lowest BCUT2D eigenvalue weighted by molar-refractivity contribution is 0.222. The maximum absolute atomic E-state index is 13.4. The number of piperazine rings is 1. The monoisotopic (exact) mass is 546 g/mol. The Labute approximate surface area is 221 Å². The highest BCUT2D eigenvalue weighted by Crippen LogP contribution is 2.45. The molecule has 0 spiro atoms. The van der Waals surface area contributed by atoms with Crippen molar-refractivity contribution in [3.05, 3.63) is 60.9 Å². The number of nitrogens with one attached hydrogen (secondary N) is 2. The van der Waals surface area contributed by atoms with Crippen LogP contribution < -0.4 is 21.5 Å². The summed E-state index contributed by atoms with van der Waals surface area (Å²) in [4.78, 5) is 26.8. The zero-order chi connectivity index (χ0) is 26.7. The predicted octanol–water partition coefficient (Wildman–Crippen LogP) is 3.18. The first-order valence-electron chi connectivity index (χ1n) is 12.4. The Balaban J connectivity index is 1.47. The lowest BCUT2D eigenvalue weighted by atomic mass is 9.70. The molecular weight excluding hydrogens is 516 g/mol. The smallest absolute Gasteiger partial charge is 0.253 e. The van der Waals surface area contributed by atoms with E-state index in [2.05, 4.69) is 36.6 Å². The molecule has 1 unspecified atom stereocenters. The van der Waals surface area contributed by atoms with Gasteiger partial charge in [0.1, 0.15) is 16.3 Å². The van der Waals surface area contributed by atoms with Crippen LogP contribution in [0.3, 0.4) is 0 Å². The average Bonchev–Trinajstić information content (AvgIpc) is 3.32. The van der Waals surface area contributed by atoms with Gasteiger partial charge in [-0.3, -0.25) is 9.59 Å². The number of sulfonamides is 1. The molecule has 1 heterocycles. The topological polar surface area (TPSA) is 119 Å². The molecule has 2 aromatic carbocycles. The quantitative estimate of drug-likeness (QED) is 0.373. The number of phenols is 1. The van der Waals surface area contributed by atoms with Gasteiger partial charge in [-0.2, -0.15) is 4.31 Å². The first kappa shape index (κ1) is 26.0. The van der Waals surface area contributed by atoms with Crippen molar-refractivity contribution >= 4 is 38.7 Å². The summed E-state index contributed by atoms with van der Waals surface area (Å²) < 4.78 is 28.0. The van der Waals surface area contributed by atoms with Gasteiger partial charge in [0.05, 0.1) is 16.8 Å². The van der Waals surface area contributed by atoms with Gasteiger partial charge in [-0.05, 0) is 49.4 Å². The third-order valence-corrected chi connectivity index (χ3v) is 10.2. The summed E-state index contributed by atoms with van der Waals surface area (Å²) in [5, 5.41) is 17.0. The maximum Gasteiger partial charge on any atom is 0.253 e. The van der Waals surface area contributed by atoms with Crippen molar-refractivity contribution in [3.63, 3.8) is 0 Å². The standard InChI is InChI=1S/C26H31ClN4O5S/c1-26(2)10-9-15-5-4-6-16(15)25(26)29-20-19(22(33)23(20)34)28-18-8-7-17(27)24(21(18)32)37(35,36)31-13-11-30(3)12-14-31/h4,6-8,25,28-29,32H,5,9-14H2,1-3H3. The highest BCUT2D eigenvalue weighted by atomic mass is 35.5. The van der Waals surface area contributed by atoms with Crippen molar-refractivity contribution in [3.8, 4) is 5.75 Å². The molecule has 3 N–H and O–H groups in total. The lowest BCUT2D eigenvalue weighted by Crippen LogP contribution is -2.47. The molecule has 3 aliphatic rings. The molecule has 0 aromatic heterocycles. The van der Waals surface area contributed by atoms with Crippen LogP contribution in [0, 0.1) is 5.41 Å². The molecule has 198 valence electrons. The van der Waals surface area contributed by atoms with Gasteiger partial charge < -0.3 is 20.6 Å². The molecule has 11 heteroatoms. The molecule has 5 rings (SSSR count). The SMILES string of the molecule is CN1CCN(S(=O)(=O)c2c(Cl)ccc(Nc3c(NC4C5=C(CC=C5)CCC4(C)C)c(=O)c3=O)c2O)CC1. The zero-order valence-corrected chi connectivity index (χ0v) is 22.7. The number of rotatable bonds is 6. The molecule has 2 aliphatic carbocycles. The van der Waals surface area contributed by atoms with E-state index in [1.54, 1.807) is 0 Å². The summed E-state index contributed by atoms with van der Waals surface area (Å²) in [6, 6.07) is 2.59. The van der Waals surface area contributed by atoms with Gasteiger partial charge in [0.25, 0.3) is 10.9 Å². The van der Waals surface area contributed by atoms with Gasteiger partial charge in [-0.25, -0.2) is 8.42 Å². The predicted molar refractivity (Wildman–Crippen MR) is 145 cm³/mol. The summed E-state index contributed by atoms with van der Waals surface area (Å²) in [6.45, 7) is 5.89. The fourth-order valence-electron chi connectivity index (χ4n) is 5.40. The van der Waals surface area contributed by atoms with E-state index in [1.165, 1.54) is 22.0 Å². The molecule has 9 nitrogen and oxygen atoms in total. The molecular formula is C26H31ClN4O5S. The summed E-state index contributed by atoms with van der Waals surface area (Å²) in [5.74, 6) is -0.591. The number of halogens is 1. The fourth-order valence-corrected chi connectivity index (χ4v) is 7.42.